The second kappa shape index (κ2) is 8.33. The van der Waals surface area contributed by atoms with Gasteiger partial charge in [-0.2, -0.15) is 0 Å². The number of aliphatic carboxylic acids is 1. The zero-order chi connectivity index (χ0) is 20.2. The zero-order valence-electron chi connectivity index (χ0n) is 14.0. The molecule has 2 aromatic carbocycles. The molecule has 11 heteroatoms. The first-order chi connectivity index (χ1) is 12.6. The second-order valence-electron chi connectivity index (χ2n) is 5.41. The van der Waals surface area contributed by atoms with Crippen molar-refractivity contribution in [2.45, 2.75) is 17.4 Å². The summed E-state index contributed by atoms with van der Waals surface area (Å²) in [6, 6.07) is 7.53. The molecule has 2 N–H and O–H groups in total. The van der Waals surface area contributed by atoms with Crippen LogP contribution in [0.15, 0.2) is 47.4 Å². The molecule has 0 saturated carbocycles. The van der Waals surface area contributed by atoms with Gasteiger partial charge in [0, 0.05) is 17.2 Å². The van der Waals surface area contributed by atoms with E-state index in [0.29, 0.717) is 5.75 Å². The molecule has 9 nitrogen and oxygen atoms in total. The lowest BCUT2D eigenvalue weighted by Crippen LogP contribution is -2.30. The average Bonchev–Trinajstić information content (AvgIpc) is 2.60. The minimum atomic E-state index is -4.13. The number of benzene rings is 2. The number of carboxylic acids is 1. The molecule has 2 rings (SSSR count). The molecule has 0 saturated heterocycles. The second-order valence-corrected chi connectivity index (χ2v) is 7.53. The van der Waals surface area contributed by atoms with Crippen molar-refractivity contribution < 1.29 is 28.0 Å². The summed E-state index contributed by atoms with van der Waals surface area (Å²) in [4.78, 5) is 21.4. The number of non-ortho nitro benzene ring substituents is 1. The van der Waals surface area contributed by atoms with Crippen LogP contribution >= 0.6 is 11.6 Å². The fourth-order valence-corrected chi connectivity index (χ4v) is 3.78. The third kappa shape index (κ3) is 5.16. The Morgan fingerprint density at radius 2 is 1.93 bits per heavy atom. The van der Waals surface area contributed by atoms with Crippen LogP contribution in [0.2, 0.25) is 5.02 Å². The van der Waals surface area contributed by atoms with E-state index in [1.165, 1.54) is 37.4 Å². The molecule has 0 radical (unpaired) electrons. The number of nitro groups is 1. The van der Waals surface area contributed by atoms with Gasteiger partial charge in [-0.05, 0) is 35.9 Å². The molecule has 0 aromatic heterocycles. The van der Waals surface area contributed by atoms with Crippen LogP contribution < -0.4 is 9.46 Å². The molecule has 0 aliphatic carbocycles. The quantitative estimate of drug-likeness (QED) is 0.500. The van der Waals surface area contributed by atoms with E-state index in [1.807, 2.05) is 0 Å². The van der Waals surface area contributed by atoms with E-state index in [0.717, 1.165) is 12.1 Å². The fraction of sp³-hybridized carbons (Fsp3) is 0.188. The van der Waals surface area contributed by atoms with Crippen LogP contribution in [0.3, 0.4) is 0 Å². The van der Waals surface area contributed by atoms with E-state index in [2.05, 4.69) is 4.72 Å². The molecule has 0 aliphatic rings. The van der Waals surface area contributed by atoms with Crippen LogP contribution in [0.4, 0.5) is 5.69 Å². The normalized spacial score (nSPS) is 12.4. The van der Waals surface area contributed by atoms with Gasteiger partial charge in [0.15, 0.2) is 0 Å². The lowest BCUT2D eigenvalue weighted by atomic mass is 10.0. The molecule has 0 bridgehead atoms. The Labute approximate surface area is 159 Å². The van der Waals surface area contributed by atoms with Gasteiger partial charge in [0.2, 0.25) is 10.0 Å². The number of hydrogen-bond acceptors (Lipinski definition) is 6. The highest BCUT2D eigenvalue weighted by atomic mass is 35.5. The van der Waals surface area contributed by atoms with Gasteiger partial charge in [-0.1, -0.05) is 11.6 Å². The maximum absolute atomic E-state index is 12.6. The van der Waals surface area contributed by atoms with E-state index in [9.17, 15) is 23.3 Å². The van der Waals surface area contributed by atoms with Crippen LogP contribution in [0.5, 0.6) is 5.75 Å². The topological polar surface area (TPSA) is 136 Å². The molecule has 0 spiro atoms. The molecule has 144 valence electrons. The summed E-state index contributed by atoms with van der Waals surface area (Å²) in [5, 5.41) is 20.1. The van der Waals surface area contributed by atoms with Gasteiger partial charge in [-0.3, -0.25) is 14.9 Å². The third-order valence-electron chi connectivity index (χ3n) is 3.61. The maximum Gasteiger partial charge on any atom is 0.305 e. The molecule has 1 atom stereocenters. The summed E-state index contributed by atoms with van der Waals surface area (Å²) in [5.74, 6) is -0.863. The monoisotopic (exact) mass is 414 g/mol. The van der Waals surface area contributed by atoms with Crippen molar-refractivity contribution in [3.05, 3.63) is 63.2 Å². The highest BCUT2D eigenvalue weighted by molar-refractivity contribution is 7.89. The Bertz CT molecular complexity index is 961. The number of sulfonamides is 1. The highest BCUT2D eigenvalue weighted by Gasteiger charge is 2.27. The van der Waals surface area contributed by atoms with Crippen LogP contribution in [0, 0.1) is 10.1 Å². The van der Waals surface area contributed by atoms with Crippen LogP contribution in [0.25, 0.3) is 0 Å². The zero-order valence-corrected chi connectivity index (χ0v) is 15.5. The summed E-state index contributed by atoms with van der Waals surface area (Å²) >= 11 is 6.03. The summed E-state index contributed by atoms with van der Waals surface area (Å²) in [6.45, 7) is 0. The first-order valence-corrected chi connectivity index (χ1v) is 9.32. The number of nitrogens with one attached hydrogen (secondary N) is 1. The van der Waals surface area contributed by atoms with Gasteiger partial charge in [0.05, 0.1) is 29.4 Å². The van der Waals surface area contributed by atoms with Gasteiger partial charge in [-0.15, -0.1) is 0 Å². The Kier molecular flexibility index (Phi) is 6.37. The van der Waals surface area contributed by atoms with E-state index in [1.54, 1.807) is 0 Å². The van der Waals surface area contributed by atoms with Gasteiger partial charge >= 0.3 is 5.97 Å². The molecule has 2 aromatic rings. The van der Waals surface area contributed by atoms with Crippen molar-refractivity contribution in [2.75, 3.05) is 7.11 Å². The smallest absolute Gasteiger partial charge is 0.305 e. The molecule has 0 amide bonds. The third-order valence-corrected chi connectivity index (χ3v) is 5.44. The Morgan fingerprint density at radius 1 is 1.30 bits per heavy atom. The molecule has 1 unspecified atom stereocenters. The summed E-state index contributed by atoms with van der Waals surface area (Å²) in [6.07, 6.45) is -0.656. The van der Waals surface area contributed by atoms with Crippen molar-refractivity contribution in [1.82, 2.24) is 4.72 Å². The number of carbonyl (C=O) groups is 1. The Hall–Kier alpha value is -2.69. The average molecular weight is 415 g/mol. The van der Waals surface area contributed by atoms with Crippen molar-refractivity contribution in [3.8, 4) is 5.75 Å². The first kappa shape index (κ1) is 20.6. The number of nitro benzene ring substituents is 1. The van der Waals surface area contributed by atoms with E-state index in [4.69, 9.17) is 21.4 Å². The van der Waals surface area contributed by atoms with Gasteiger partial charge < -0.3 is 9.84 Å². The largest absolute Gasteiger partial charge is 0.497 e. The number of nitrogens with zero attached hydrogens (tertiary/aromatic N) is 1. The molecule has 0 aliphatic heterocycles. The standard InChI is InChI=1S/C16H15ClN2O7S/c1-26-11-3-5-12(6-4-11)27(24,25)18-15(9-16(20)21)13-8-10(19(22)23)2-7-14(13)17/h2-8,15,18H,9H2,1H3,(H,20,21). The summed E-state index contributed by atoms with van der Waals surface area (Å²) in [7, 11) is -2.70. The number of methoxy groups -OCH3 is 1. The van der Waals surface area contributed by atoms with Crippen LogP contribution in [0.1, 0.15) is 18.0 Å². The van der Waals surface area contributed by atoms with Gasteiger partial charge in [0.1, 0.15) is 5.75 Å². The number of rotatable bonds is 8. The molecule has 0 fully saturated rings. The summed E-state index contributed by atoms with van der Waals surface area (Å²) in [5.41, 5.74) is -0.348. The minimum absolute atomic E-state index is 0.00396. The van der Waals surface area contributed by atoms with E-state index in [-0.39, 0.29) is 21.2 Å². The van der Waals surface area contributed by atoms with Crippen LogP contribution in [-0.2, 0) is 14.8 Å². The SMILES string of the molecule is COc1ccc(S(=O)(=O)NC(CC(=O)O)c2cc([N+](=O)[O-])ccc2Cl)cc1. The number of carboxylic acid groups (broad SMARTS) is 1. The maximum atomic E-state index is 12.6. The van der Waals surface area contributed by atoms with E-state index >= 15 is 0 Å². The van der Waals surface area contributed by atoms with Gasteiger partial charge in [0.25, 0.3) is 5.69 Å². The first-order valence-electron chi connectivity index (χ1n) is 7.46. The van der Waals surface area contributed by atoms with Crippen molar-refractivity contribution in [2.24, 2.45) is 0 Å². The Balaban J connectivity index is 2.43. The van der Waals surface area contributed by atoms with Crippen LogP contribution in [-0.4, -0.2) is 31.5 Å². The number of ether oxygens (including phenoxy) is 1. The number of halogens is 1. The molecular formula is C16H15ClN2O7S. The lowest BCUT2D eigenvalue weighted by Gasteiger charge is -2.19. The molecule has 0 heterocycles. The predicted molar refractivity (Wildman–Crippen MR) is 96.4 cm³/mol. The highest BCUT2D eigenvalue weighted by Crippen LogP contribution is 2.30. The van der Waals surface area contributed by atoms with Crippen molar-refractivity contribution in [1.29, 1.82) is 0 Å². The van der Waals surface area contributed by atoms with E-state index < -0.39 is 33.4 Å². The number of hydrogen-bond donors (Lipinski definition) is 2. The molecular weight excluding hydrogens is 400 g/mol. The summed E-state index contributed by atoms with van der Waals surface area (Å²) < 4.78 is 32.4. The van der Waals surface area contributed by atoms with Crippen molar-refractivity contribution in [3.63, 3.8) is 0 Å². The van der Waals surface area contributed by atoms with Crippen molar-refractivity contribution >= 4 is 33.3 Å². The minimum Gasteiger partial charge on any atom is -0.497 e. The predicted octanol–water partition coefficient (Wildman–Crippen LogP) is 2.75. The lowest BCUT2D eigenvalue weighted by molar-refractivity contribution is -0.384. The fourth-order valence-electron chi connectivity index (χ4n) is 2.31. The Morgan fingerprint density at radius 3 is 2.44 bits per heavy atom. The van der Waals surface area contributed by atoms with Gasteiger partial charge in [-0.25, -0.2) is 13.1 Å². The molecule has 27 heavy (non-hydrogen) atoms.